The maximum atomic E-state index is 11.7. The van der Waals surface area contributed by atoms with Crippen LogP contribution >= 0.6 is 0 Å². The molecule has 0 amide bonds. The Kier molecular flexibility index (Phi) is 8.80. The van der Waals surface area contributed by atoms with Gasteiger partial charge in [0.25, 0.3) is 0 Å². The van der Waals surface area contributed by atoms with E-state index in [1.807, 2.05) is 13.8 Å². The average molecular weight is 322 g/mol. The van der Waals surface area contributed by atoms with E-state index in [-0.39, 0.29) is 23.4 Å². The Bertz CT molecular complexity index is 510. The highest BCUT2D eigenvalue weighted by atomic mass is 16.6. The molecule has 1 rings (SSSR count). The van der Waals surface area contributed by atoms with E-state index in [0.717, 1.165) is 12.8 Å². The molecule has 128 valence electrons. The second-order valence-corrected chi connectivity index (χ2v) is 5.26. The molecule has 0 aliphatic rings. The summed E-state index contributed by atoms with van der Waals surface area (Å²) in [6.45, 7) is 6.47. The summed E-state index contributed by atoms with van der Waals surface area (Å²) in [4.78, 5) is 23.4. The van der Waals surface area contributed by atoms with Crippen molar-refractivity contribution in [2.45, 2.75) is 59.3 Å². The minimum Gasteiger partial charge on any atom is -0.493 e. The molecule has 5 heteroatoms. The van der Waals surface area contributed by atoms with E-state index in [4.69, 9.17) is 14.2 Å². The van der Waals surface area contributed by atoms with E-state index in [2.05, 4.69) is 6.92 Å². The van der Waals surface area contributed by atoms with Crippen LogP contribution in [0.1, 0.15) is 59.3 Å². The summed E-state index contributed by atoms with van der Waals surface area (Å²) in [5.41, 5.74) is 0. The van der Waals surface area contributed by atoms with Crippen molar-refractivity contribution in [1.29, 1.82) is 0 Å². The molecule has 0 radical (unpaired) electrons. The van der Waals surface area contributed by atoms with Crippen molar-refractivity contribution in [3.63, 3.8) is 0 Å². The molecule has 0 aromatic heterocycles. The lowest BCUT2D eigenvalue weighted by molar-refractivity contribution is -0.137. The van der Waals surface area contributed by atoms with Crippen LogP contribution in [0, 0.1) is 0 Å². The summed E-state index contributed by atoms with van der Waals surface area (Å²) < 4.78 is 16.2. The number of rotatable bonds is 10. The number of carbonyl (C=O) groups excluding carboxylic acids is 2. The monoisotopic (exact) mass is 322 g/mol. The highest BCUT2D eigenvalue weighted by molar-refractivity contribution is 5.76. The van der Waals surface area contributed by atoms with Crippen LogP contribution in [0.15, 0.2) is 18.2 Å². The predicted octanol–water partition coefficient (Wildman–Crippen LogP) is 4.28. The standard InChI is InChI=1S/C18H26O5/c1-4-7-12-21-14-10-11-15(22-17(19)8-5-2)16(13-14)23-18(20)9-6-3/h10-11,13H,4-9,12H2,1-3H3. The molecule has 0 fully saturated rings. The molecule has 0 N–H and O–H groups in total. The minimum atomic E-state index is -0.356. The van der Waals surface area contributed by atoms with Crippen LogP contribution in [-0.2, 0) is 9.59 Å². The largest absolute Gasteiger partial charge is 0.493 e. The van der Waals surface area contributed by atoms with Gasteiger partial charge in [0.1, 0.15) is 5.75 Å². The molecular formula is C18H26O5. The number of ether oxygens (including phenoxy) is 3. The molecular weight excluding hydrogens is 296 g/mol. The lowest BCUT2D eigenvalue weighted by Gasteiger charge is -2.12. The van der Waals surface area contributed by atoms with Crippen LogP contribution in [0.3, 0.4) is 0 Å². The number of hydrogen-bond donors (Lipinski definition) is 0. The van der Waals surface area contributed by atoms with Gasteiger partial charge in [-0.3, -0.25) is 9.59 Å². The van der Waals surface area contributed by atoms with Gasteiger partial charge in [-0.05, 0) is 31.4 Å². The van der Waals surface area contributed by atoms with Crippen LogP contribution in [0.2, 0.25) is 0 Å². The molecule has 0 aliphatic heterocycles. The summed E-state index contributed by atoms with van der Waals surface area (Å²) in [5.74, 6) is 0.358. The van der Waals surface area contributed by atoms with Gasteiger partial charge < -0.3 is 14.2 Å². The molecule has 1 aromatic carbocycles. The number of benzene rings is 1. The minimum absolute atomic E-state index is 0.224. The Hall–Kier alpha value is -2.04. The summed E-state index contributed by atoms with van der Waals surface area (Å²) in [6.07, 6.45) is 3.99. The Morgan fingerprint density at radius 1 is 0.870 bits per heavy atom. The molecule has 0 spiro atoms. The third-order valence-electron chi connectivity index (χ3n) is 3.04. The highest BCUT2D eigenvalue weighted by Crippen LogP contribution is 2.32. The van der Waals surface area contributed by atoms with E-state index in [1.165, 1.54) is 0 Å². The third-order valence-corrected chi connectivity index (χ3v) is 3.04. The summed E-state index contributed by atoms with van der Waals surface area (Å²) >= 11 is 0. The highest BCUT2D eigenvalue weighted by Gasteiger charge is 2.14. The Labute approximate surface area is 137 Å². The molecule has 0 heterocycles. The first kappa shape index (κ1) is 19.0. The van der Waals surface area contributed by atoms with Gasteiger partial charge in [-0.15, -0.1) is 0 Å². The molecule has 0 unspecified atom stereocenters. The molecule has 0 aliphatic carbocycles. The van der Waals surface area contributed by atoms with Gasteiger partial charge >= 0.3 is 11.9 Å². The van der Waals surface area contributed by atoms with Crippen LogP contribution in [0.4, 0.5) is 0 Å². The number of esters is 2. The average Bonchev–Trinajstić information content (AvgIpc) is 2.50. The van der Waals surface area contributed by atoms with Crippen molar-refractivity contribution in [3.8, 4) is 17.2 Å². The second kappa shape index (κ2) is 10.6. The van der Waals surface area contributed by atoms with Crippen molar-refractivity contribution < 1.29 is 23.8 Å². The van der Waals surface area contributed by atoms with E-state index in [1.54, 1.807) is 18.2 Å². The van der Waals surface area contributed by atoms with Gasteiger partial charge in [-0.2, -0.15) is 0 Å². The maximum Gasteiger partial charge on any atom is 0.311 e. The van der Waals surface area contributed by atoms with E-state index in [0.29, 0.717) is 38.0 Å². The molecule has 0 atom stereocenters. The third kappa shape index (κ3) is 7.17. The van der Waals surface area contributed by atoms with Gasteiger partial charge in [0.05, 0.1) is 6.61 Å². The van der Waals surface area contributed by atoms with Crippen LogP contribution < -0.4 is 14.2 Å². The van der Waals surface area contributed by atoms with E-state index >= 15 is 0 Å². The fraction of sp³-hybridized carbons (Fsp3) is 0.556. The molecule has 5 nitrogen and oxygen atoms in total. The Balaban J connectivity index is 2.88. The first-order valence-electron chi connectivity index (χ1n) is 8.28. The zero-order valence-corrected chi connectivity index (χ0v) is 14.2. The maximum absolute atomic E-state index is 11.7. The SMILES string of the molecule is CCCCOc1ccc(OC(=O)CCC)c(OC(=O)CCC)c1. The van der Waals surface area contributed by atoms with Crippen molar-refractivity contribution in [2.75, 3.05) is 6.61 Å². The quantitative estimate of drug-likeness (QED) is 0.365. The first-order chi connectivity index (χ1) is 11.1. The lowest BCUT2D eigenvalue weighted by Crippen LogP contribution is -2.11. The zero-order valence-electron chi connectivity index (χ0n) is 14.2. The van der Waals surface area contributed by atoms with Crippen LogP contribution in [0.5, 0.6) is 17.2 Å². The van der Waals surface area contributed by atoms with Crippen molar-refractivity contribution in [2.24, 2.45) is 0 Å². The lowest BCUT2D eigenvalue weighted by atomic mass is 10.2. The smallest absolute Gasteiger partial charge is 0.311 e. The molecule has 0 bridgehead atoms. The van der Waals surface area contributed by atoms with Gasteiger partial charge in [0.2, 0.25) is 0 Å². The topological polar surface area (TPSA) is 61.8 Å². The van der Waals surface area contributed by atoms with Gasteiger partial charge in [-0.1, -0.05) is 27.2 Å². The molecule has 23 heavy (non-hydrogen) atoms. The van der Waals surface area contributed by atoms with E-state index in [9.17, 15) is 9.59 Å². The number of unbranched alkanes of at least 4 members (excludes halogenated alkanes) is 1. The first-order valence-corrected chi connectivity index (χ1v) is 8.28. The fourth-order valence-electron chi connectivity index (χ4n) is 1.83. The Morgan fingerprint density at radius 2 is 1.48 bits per heavy atom. The normalized spacial score (nSPS) is 10.2. The van der Waals surface area contributed by atoms with Crippen LogP contribution in [0.25, 0.3) is 0 Å². The summed E-state index contributed by atoms with van der Waals surface area (Å²) in [7, 11) is 0. The van der Waals surface area contributed by atoms with Crippen molar-refractivity contribution in [1.82, 2.24) is 0 Å². The fourth-order valence-corrected chi connectivity index (χ4v) is 1.83. The molecule has 0 saturated carbocycles. The van der Waals surface area contributed by atoms with Crippen LogP contribution in [-0.4, -0.2) is 18.5 Å². The van der Waals surface area contributed by atoms with Gasteiger partial charge in [-0.25, -0.2) is 0 Å². The summed E-state index contributed by atoms with van der Waals surface area (Å²) in [5, 5.41) is 0. The van der Waals surface area contributed by atoms with Crippen molar-refractivity contribution >= 4 is 11.9 Å². The second-order valence-electron chi connectivity index (χ2n) is 5.26. The molecule has 0 saturated heterocycles. The Morgan fingerprint density at radius 3 is 2.04 bits per heavy atom. The van der Waals surface area contributed by atoms with E-state index < -0.39 is 0 Å². The summed E-state index contributed by atoms with van der Waals surface area (Å²) in [6, 6.07) is 4.91. The molecule has 1 aromatic rings. The van der Waals surface area contributed by atoms with Crippen molar-refractivity contribution in [3.05, 3.63) is 18.2 Å². The van der Waals surface area contributed by atoms with Gasteiger partial charge in [0.15, 0.2) is 11.5 Å². The van der Waals surface area contributed by atoms with Gasteiger partial charge in [0, 0.05) is 18.9 Å². The predicted molar refractivity (Wildman–Crippen MR) is 87.9 cm³/mol. The number of carbonyl (C=O) groups is 2. The zero-order chi connectivity index (χ0) is 17.1. The number of hydrogen-bond acceptors (Lipinski definition) is 5.